The minimum atomic E-state index is 0.219. The zero-order chi connectivity index (χ0) is 37.3. The molecule has 0 bridgehead atoms. The largest absolute Gasteiger partial charge is 0.396 e. The van der Waals surface area contributed by atoms with Crippen LogP contribution in [-0.4, -0.2) is 79.3 Å². The van der Waals surface area contributed by atoms with Gasteiger partial charge in [0.05, 0.1) is 0 Å². The highest BCUT2D eigenvalue weighted by molar-refractivity contribution is 5.09. The highest BCUT2D eigenvalue weighted by Crippen LogP contribution is 2.68. The van der Waals surface area contributed by atoms with E-state index >= 15 is 0 Å². The number of aliphatic hydroxyl groups excluding tert-OH is 3. The molecule has 7 heteroatoms. The summed E-state index contributed by atoms with van der Waals surface area (Å²) in [7, 11) is 0. The molecule has 9 N–H and O–H groups in total. The Morgan fingerprint density at radius 1 is 0.600 bits per heavy atom. The van der Waals surface area contributed by atoms with E-state index in [1.165, 1.54) is 83.8 Å². The molecule has 0 saturated heterocycles. The lowest BCUT2D eigenvalue weighted by Gasteiger charge is -2.61. The van der Waals surface area contributed by atoms with Crippen LogP contribution in [0.4, 0.5) is 0 Å². The first kappa shape index (κ1) is 47.7. The molecule has 7 unspecified atom stereocenters. The number of hydrogen-bond donors (Lipinski definition) is 6. The van der Waals surface area contributed by atoms with E-state index in [1.807, 2.05) is 0 Å². The third kappa shape index (κ3) is 15.6. The first-order chi connectivity index (χ1) is 24.2. The van der Waals surface area contributed by atoms with Crippen molar-refractivity contribution in [1.82, 2.24) is 4.90 Å². The Morgan fingerprint density at radius 2 is 1.14 bits per heavy atom. The van der Waals surface area contributed by atoms with Gasteiger partial charge in [-0.15, -0.1) is 0 Å². The standard InChI is InChI=1S/C34H63N.3C3H9NO/c1-6-8-12-24-35(25-13-9-7-2)26-14-15-27(3)30-19-20-31-29-18-17-28-16-10-11-22-33(28,4)32(29)21-23-34(30,31)5;3*4-2-1-3-5/h27-32H,6-26H2,1-5H3;3*5H,1-4H2/t27-,28?,29?,30?,31?,32?,33?,34?;;;/m1.../s1. The minimum Gasteiger partial charge on any atom is -0.396 e. The average molecular weight is 711 g/mol. The molecule has 300 valence electrons. The number of rotatable bonds is 19. The smallest absolute Gasteiger partial charge is 0.0443 e. The van der Waals surface area contributed by atoms with Gasteiger partial charge in [0.25, 0.3) is 0 Å². The zero-order valence-electron chi connectivity index (χ0n) is 34.2. The van der Waals surface area contributed by atoms with Gasteiger partial charge in [-0.2, -0.15) is 0 Å². The quantitative estimate of drug-likeness (QED) is 0.0744. The maximum atomic E-state index is 7.99. The predicted octanol–water partition coefficient (Wildman–Crippen LogP) is 8.12. The van der Waals surface area contributed by atoms with Crippen molar-refractivity contribution in [3.05, 3.63) is 0 Å². The molecular weight excluding hydrogens is 620 g/mol. The van der Waals surface area contributed by atoms with Crippen molar-refractivity contribution in [2.45, 2.75) is 169 Å². The number of aliphatic hydroxyl groups is 3. The molecule has 8 atom stereocenters. The SMILES string of the molecule is CCCCCN(CCCCC)CCC[C@@H](C)C1CCC2C3CCC4CCCCC4(C)C3CCC21C.NCCCO.NCCCO.NCCCO. The Hall–Kier alpha value is -0.280. The number of unbranched alkanes of at least 4 members (excludes halogenated alkanes) is 4. The highest BCUT2D eigenvalue weighted by Gasteiger charge is 2.60. The molecular formula is C43H90N4O3. The summed E-state index contributed by atoms with van der Waals surface area (Å²) in [6.45, 7) is 19.3. The van der Waals surface area contributed by atoms with E-state index in [2.05, 4.69) is 39.5 Å². The summed E-state index contributed by atoms with van der Waals surface area (Å²) in [6.07, 6.45) is 28.9. The van der Waals surface area contributed by atoms with Gasteiger partial charge >= 0.3 is 0 Å². The van der Waals surface area contributed by atoms with Gasteiger partial charge < -0.3 is 37.4 Å². The van der Waals surface area contributed by atoms with Crippen molar-refractivity contribution in [3.63, 3.8) is 0 Å². The third-order valence-electron chi connectivity index (χ3n) is 13.7. The molecule has 4 fully saturated rings. The van der Waals surface area contributed by atoms with Crippen LogP contribution in [0.1, 0.15) is 169 Å². The summed E-state index contributed by atoms with van der Waals surface area (Å²) in [4.78, 5) is 2.83. The van der Waals surface area contributed by atoms with Crippen molar-refractivity contribution in [2.75, 3.05) is 59.1 Å². The second-order valence-electron chi connectivity index (χ2n) is 17.1. The summed E-state index contributed by atoms with van der Waals surface area (Å²) in [5.74, 6) is 6.17. The van der Waals surface area contributed by atoms with Crippen molar-refractivity contribution in [1.29, 1.82) is 0 Å². The molecule has 4 aliphatic carbocycles. The van der Waals surface area contributed by atoms with E-state index < -0.39 is 0 Å². The van der Waals surface area contributed by atoms with Crippen molar-refractivity contribution < 1.29 is 15.3 Å². The maximum Gasteiger partial charge on any atom is 0.0443 e. The molecule has 4 rings (SSSR count). The molecule has 0 aliphatic heterocycles. The molecule has 0 heterocycles. The number of hydrogen-bond acceptors (Lipinski definition) is 7. The lowest BCUT2D eigenvalue weighted by atomic mass is 9.44. The van der Waals surface area contributed by atoms with Crippen LogP contribution in [0.2, 0.25) is 0 Å². The molecule has 4 saturated carbocycles. The van der Waals surface area contributed by atoms with Crippen LogP contribution in [0.5, 0.6) is 0 Å². The predicted molar refractivity (Wildman–Crippen MR) is 216 cm³/mol. The number of nitrogens with zero attached hydrogens (tertiary/aromatic N) is 1. The summed E-state index contributed by atoms with van der Waals surface area (Å²) < 4.78 is 0. The fraction of sp³-hybridized carbons (Fsp3) is 1.00. The van der Waals surface area contributed by atoms with Gasteiger partial charge in [-0.3, -0.25) is 0 Å². The van der Waals surface area contributed by atoms with Crippen LogP contribution in [0, 0.1) is 46.3 Å². The topological polar surface area (TPSA) is 142 Å². The molecule has 0 spiro atoms. The molecule has 4 aliphatic rings. The van der Waals surface area contributed by atoms with E-state index in [-0.39, 0.29) is 19.8 Å². The second-order valence-corrected chi connectivity index (χ2v) is 17.1. The Labute approximate surface area is 311 Å². The monoisotopic (exact) mass is 711 g/mol. The molecule has 0 amide bonds. The van der Waals surface area contributed by atoms with Crippen LogP contribution in [0.25, 0.3) is 0 Å². The first-order valence-corrected chi connectivity index (χ1v) is 21.8. The first-order valence-electron chi connectivity index (χ1n) is 21.8. The highest BCUT2D eigenvalue weighted by atomic mass is 16.3. The van der Waals surface area contributed by atoms with Crippen LogP contribution < -0.4 is 17.2 Å². The minimum absolute atomic E-state index is 0.219. The van der Waals surface area contributed by atoms with Crippen LogP contribution in [0.15, 0.2) is 0 Å². The van der Waals surface area contributed by atoms with Crippen molar-refractivity contribution in [2.24, 2.45) is 63.5 Å². The summed E-state index contributed by atoms with van der Waals surface area (Å²) in [6, 6.07) is 0. The Morgan fingerprint density at radius 3 is 1.64 bits per heavy atom. The van der Waals surface area contributed by atoms with E-state index in [4.69, 9.17) is 32.5 Å². The molecule has 0 aromatic rings. The van der Waals surface area contributed by atoms with Gasteiger partial charge in [-0.1, -0.05) is 73.1 Å². The van der Waals surface area contributed by atoms with E-state index in [1.54, 1.807) is 51.4 Å². The number of nitrogens with two attached hydrogens (primary N) is 3. The van der Waals surface area contributed by atoms with Gasteiger partial charge in [-0.05, 0) is 182 Å². The van der Waals surface area contributed by atoms with Crippen LogP contribution in [0.3, 0.4) is 0 Å². The maximum absolute atomic E-state index is 7.99. The summed E-state index contributed by atoms with van der Waals surface area (Å²) in [5, 5.41) is 24.0. The number of fused-ring (bicyclic) bond motifs is 5. The van der Waals surface area contributed by atoms with Gasteiger partial charge in [0, 0.05) is 19.8 Å². The van der Waals surface area contributed by atoms with E-state index in [0.29, 0.717) is 30.5 Å². The second kappa shape index (κ2) is 28.2. The van der Waals surface area contributed by atoms with Crippen molar-refractivity contribution in [3.8, 4) is 0 Å². The fourth-order valence-electron chi connectivity index (χ4n) is 10.9. The van der Waals surface area contributed by atoms with Gasteiger partial charge in [-0.25, -0.2) is 0 Å². The summed E-state index contributed by atoms with van der Waals surface area (Å²) >= 11 is 0. The van der Waals surface area contributed by atoms with Gasteiger partial charge in [0.2, 0.25) is 0 Å². The Balaban J connectivity index is 0.000000700. The molecule has 7 nitrogen and oxygen atoms in total. The Bertz CT molecular complexity index is 759. The fourth-order valence-corrected chi connectivity index (χ4v) is 10.9. The van der Waals surface area contributed by atoms with Gasteiger partial charge in [0.15, 0.2) is 0 Å². The lowest BCUT2D eigenvalue weighted by Crippen LogP contribution is -2.53. The molecule has 0 aromatic carbocycles. The zero-order valence-corrected chi connectivity index (χ0v) is 34.2. The van der Waals surface area contributed by atoms with Crippen molar-refractivity contribution >= 4 is 0 Å². The van der Waals surface area contributed by atoms with E-state index in [9.17, 15) is 0 Å². The van der Waals surface area contributed by atoms with Gasteiger partial charge in [0.1, 0.15) is 0 Å². The lowest BCUT2D eigenvalue weighted by molar-refractivity contribution is -0.114. The summed E-state index contributed by atoms with van der Waals surface area (Å²) in [5.41, 5.74) is 16.3. The molecule has 0 radical (unpaired) electrons. The van der Waals surface area contributed by atoms with E-state index in [0.717, 1.165) is 54.8 Å². The average Bonchev–Trinajstić information content (AvgIpc) is 3.47. The van der Waals surface area contributed by atoms with Crippen LogP contribution in [-0.2, 0) is 0 Å². The van der Waals surface area contributed by atoms with Crippen LogP contribution >= 0.6 is 0 Å². The molecule has 0 aromatic heterocycles. The molecule has 50 heavy (non-hydrogen) atoms. The third-order valence-corrected chi connectivity index (χ3v) is 13.7. The normalized spacial score (nSPS) is 30.4. The Kier molecular flexibility index (Phi) is 26.9.